The first-order valence-corrected chi connectivity index (χ1v) is 9.17. The maximum Gasteiger partial charge on any atom is 0.258 e. The van der Waals surface area contributed by atoms with Gasteiger partial charge in [0.25, 0.3) is 5.91 Å². The van der Waals surface area contributed by atoms with E-state index >= 15 is 0 Å². The number of carbonyl (C=O) groups is 1. The summed E-state index contributed by atoms with van der Waals surface area (Å²) in [6.07, 6.45) is 0. The van der Waals surface area contributed by atoms with Crippen LogP contribution in [0.5, 0.6) is 0 Å². The lowest BCUT2D eigenvalue weighted by Gasteiger charge is -2.09. The van der Waals surface area contributed by atoms with Gasteiger partial charge >= 0.3 is 0 Å². The highest BCUT2D eigenvalue weighted by Gasteiger charge is 2.18. The minimum atomic E-state index is -3.81. The maximum absolute atomic E-state index is 14.1. The van der Waals surface area contributed by atoms with Gasteiger partial charge in [-0.1, -0.05) is 12.1 Å². The van der Waals surface area contributed by atoms with Crippen molar-refractivity contribution in [2.45, 2.75) is 4.90 Å². The molecule has 0 saturated carbocycles. The average molecular weight is 390 g/mol. The molecule has 27 heavy (non-hydrogen) atoms. The molecular formula is C16H15FN6O3S. The van der Waals surface area contributed by atoms with Crippen molar-refractivity contribution in [2.24, 2.45) is 7.05 Å². The predicted octanol–water partition coefficient (Wildman–Crippen LogP) is 1.18. The topological polar surface area (TPSA) is 119 Å². The van der Waals surface area contributed by atoms with Gasteiger partial charge in [-0.05, 0) is 47.8 Å². The number of anilines is 1. The molecule has 0 unspecified atom stereocenters. The molecule has 1 amide bonds. The summed E-state index contributed by atoms with van der Waals surface area (Å²) in [4.78, 5) is 12.2. The normalized spacial score (nSPS) is 11.4. The van der Waals surface area contributed by atoms with Crippen LogP contribution >= 0.6 is 0 Å². The van der Waals surface area contributed by atoms with Gasteiger partial charge in [-0.25, -0.2) is 22.2 Å². The fourth-order valence-electron chi connectivity index (χ4n) is 2.37. The Kier molecular flexibility index (Phi) is 4.97. The first kappa shape index (κ1) is 18.6. The highest BCUT2D eigenvalue weighted by molar-refractivity contribution is 7.89. The van der Waals surface area contributed by atoms with Crippen LogP contribution < -0.4 is 10.0 Å². The maximum atomic E-state index is 14.1. The largest absolute Gasteiger partial charge is 0.322 e. The number of nitrogens with one attached hydrogen (secondary N) is 2. The molecule has 0 atom stereocenters. The van der Waals surface area contributed by atoms with Gasteiger partial charge in [-0.3, -0.25) is 4.79 Å². The van der Waals surface area contributed by atoms with E-state index in [9.17, 15) is 17.6 Å². The molecule has 3 aromatic rings. The Morgan fingerprint density at radius 1 is 1.19 bits per heavy atom. The van der Waals surface area contributed by atoms with Gasteiger partial charge in [0.05, 0.1) is 10.5 Å². The first-order chi connectivity index (χ1) is 12.8. The number of aryl methyl sites for hydroxylation is 1. The standard InChI is InChI=1S/C16H15FN6O3S/c1-18-27(25,26)12-6-7-14(17)13(9-12)16(24)19-11-5-3-4-10(8-11)15-20-21-22-23(15)2/h3-9,18H,1-2H3,(H,19,24). The molecule has 0 spiro atoms. The Morgan fingerprint density at radius 3 is 2.63 bits per heavy atom. The molecule has 0 aliphatic carbocycles. The summed E-state index contributed by atoms with van der Waals surface area (Å²) in [5.74, 6) is -1.13. The van der Waals surface area contributed by atoms with E-state index in [1.165, 1.54) is 11.7 Å². The number of tetrazole rings is 1. The molecule has 1 aromatic heterocycles. The van der Waals surface area contributed by atoms with Crippen molar-refractivity contribution in [1.29, 1.82) is 0 Å². The van der Waals surface area contributed by atoms with E-state index in [-0.39, 0.29) is 4.90 Å². The second-order valence-electron chi connectivity index (χ2n) is 5.51. The third-order valence-electron chi connectivity index (χ3n) is 3.76. The summed E-state index contributed by atoms with van der Waals surface area (Å²) in [5.41, 5.74) is 0.631. The summed E-state index contributed by atoms with van der Waals surface area (Å²) in [6.45, 7) is 0. The third-order valence-corrected chi connectivity index (χ3v) is 5.17. The second-order valence-corrected chi connectivity index (χ2v) is 7.40. The molecule has 0 saturated heterocycles. The van der Waals surface area contributed by atoms with Crippen molar-refractivity contribution in [2.75, 3.05) is 12.4 Å². The van der Waals surface area contributed by atoms with Crippen LogP contribution in [-0.4, -0.2) is 41.6 Å². The molecule has 2 aromatic carbocycles. The van der Waals surface area contributed by atoms with E-state index in [0.29, 0.717) is 17.1 Å². The smallest absolute Gasteiger partial charge is 0.258 e. The summed E-state index contributed by atoms with van der Waals surface area (Å²) >= 11 is 0. The molecule has 3 rings (SSSR count). The molecule has 2 N–H and O–H groups in total. The van der Waals surface area contributed by atoms with Gasteiger partial charge in [0, 0.05) is 18.3 Å². The number of hydrogen-bond donors (Lipinski definition) is 2. The van der Waals surface area contributed by atoms with Crippen LogP contribution in [0, 0.1) is 5.82 Å². The van der Waals surface area contributed by atoms with E-state index in [4.69, 9.17) is 0 Å². The van der Waals surface area contributed by atoms with Crippen molar-refractivity contribution in [3.8, 4) is 11.4 Å². The number of sulfonamides is 1. The van der Waals surface area contributed by atoms with Crippen LogP contribution in [0.1, 0.15) is 10.4 Å². The van der Waals surface area contributed by atoms with Crippen LogP contribution in [0.3, 0.4) is 0 Å². The van der Waals surface area contributed by atoms with Crippen molar-refractivity contribution in [3.63, 3.8) is 0 Å². The molecular weight excluding hydrogens is 375 g/mol. The van der Waals surface area contributed by atoms with Gasteiger partial charge in [-0.15, -0.1) is 5.10 Å². The second kappa shape index (κ2) is 7.21. The number of halogens is 1. The van der Waals surface area contributed by atoms with Gasteiger partial charge in [-0.2, -0.15) is 0 Å². The van der Waals surface area contributed by atoms with Gasteiger partial charge in [0.2, 0.25) is 10.0 Å². The molecule has 11 heteroatoms. The fourth-order valence-corrected chi connectivity index (χ4v) is 3.13. The summed E-state index contributed by atoms with van der Waals surface area (Å²) in [5, 5.41) is 13.7. The monoisotopic (exact) mass is 390 g/mol. The number of amides is 1. The first-order valence-electron chi connectivity index (χ1n) is 7.69. The number of carbonyl (C=O) groups excluding carboxylic acids is 1. The zero-order chi connectivity index (χ0) is 19.6. The quantitative estimate of drug-likeness (QED) is 0.675. The molecule has 0 aliphatic rings. The van der Waals surface area contributed by atoms with Gasteiger partial charge in [0.15, 0.2) is 5.82 Å². The zero-order valence-corrected chi connectivity index (χ0v) is 15.2. The van der Waals surface area contributed by atoms with E-state index in [1.807, 2.05) is 0 Å². The Hall–Kier alpha value is -3.18. The van der Waals surface area contributed by atoms with Crippen molar-refractivity contribution in [1.82, 2.24) is 24.9 Å². The Bertz CT molecular complexity index is 1110. The Balaban J connectivity index is 1.90. The zero-order valence-electron chi connectivity index (χ0n) is 14.3. The molecule has 140 valence electrons. The van der Waals surface area contributed by atoms with Crippen LogP contribution in [-0.2, 0) is 17.1 Å². The van der Waals surface area contributed by atoms with Gasteiger partial charge in [0.1, 0.15) is 5.82 Å². The van der Waals surface area contributed by atoms with Crippen LogP contribution in [0.25, 0.3) is 11.4 Å². The molecule has 0 aliphatic heterocycles. The van der Waals surface area contributed by atoms with Crippen LogP contribution in [0.2, 0.25) is 0 Å². The number of benzene rings is 2. The molecule has 0 fully saturated rings. The molecule has 0 bridgehead atoms. The van der Waals surface area contributed by atoms with E-state index < -0.39 is 27.3 Å². The molecule has 0 radical (unpaired) electrons. The SMILES string of the molecule is CNS(=O)(=O)c1ccc(F)c(C(=O)Nc2cccc(-c3nnnn3C)c2)c1. The number of rotatable bonds is 5. The van der Waals surface area contributed by atoms with E-state index in [1.54, 1.807) is 31.3 Å². The summed E-state index contributed by atoms with van der Waals surface area (Å²) in [7, 11) is -0.909. The van der Waals surface area contributed by atoms with E-state index in [2.05, 4.69) is 25.6 Å². The lowest BCUT2D eigenvalue weighted by atomic mass is 10.1. The van der Waals surface area contributed by atoms with Crippen molar-refractivity contribution >= 4 is 21.6 Å². The van der Waals surface area contributed by atoms with Crippen LogP contribution in [0.15, 0.2) is 47.4 Å². The minimum Gasteiger partial charge on any atom is -0.322 e. The summed E-state index contributed by atoms with van der Waals surface area (Å²) < 4.78 is 41.4. The lowest BCUT2D eigenvalue weighted by molar-refractivity contribution is 0.102. The third kappa shape index (κ3) is 3.83. The summed E-state index contributed by atoms with van der Waals surface area (Å²) in [6, 6.07) is 9.65. The number of nitrogens with zero attached hydrogens (tertiary/aromatic N) is 4. The Labute approximate surface area is 154 Å². The van der Waals surface area contributed by atoms with Gasteiger partial charge < -0.3 is 5.32 Å². The molecule has 1 heterocycles. The average Bonchev–Trinajstić information content (AvgIpc) is 3.08. The minimum absolute atomic E-state index is 0.213. The number of aromatic nitrogens is 4. The Morgan fingerprint density at radius 2 is 1.96 bits per heavy atom. The molecule has 9 nitrogen and oxygen atoms in total. The lowest BCUT2D eigenvalue weighted by Crippen LogP contribution is -2.20. The van der Waals surface area contributed by atoms with Crippen molar-refractivity contribution in [3.05, 3.63) is 53.8 Å². The number of hydrogen-bond acceptors (Lipinski definition) is 6. The predicted molar refractivity (Wildman–Crippen MR) is 94.8 cm³/mol. The van der Waals surface area contributed by atoms with Crippen molar-refractivity contribution < 1.29 is 17.6 Å². The fraction of sp³-hybridized carbons (Fsp3) is 0.125. The van der Waals surface area contributed by atoms with E-state index in [0.717, 1.165) is 18.2 Å². The van der Waals surface area contributed by atoms with Crippen LogP contribution in [0.4, 0.5) is 10.1 Å². The highest BCUT2D eigenvalue weighted by atomic mass is 32.2. The highest BCUT2D eigenvalue weighted by Crippen LogP contribution is 2.21.